The number of tetrazole rings is 1. The van der Waals surface area contributed by atoms with Gasteiger partial charge in [0.1, 0.15) is 6.54 Å². The van der Waals surface area contributed by atoms with Gasteiger partial charge in [0.05, 0.1) is 0 Å². The molecule has 3 rings (SSSR count). The van der Waals surface area contributed by atoms with E-state index in [2.05, 4.69) is 72.7 Å². The van der Waals surface area contributed by atoms with Crippen LogP contribution in [0.25, 0.3) is 11.4 Å². The van der Waals surface area contributed by atoms with Crippen LogP contribution in [0.4, 0.5) is 5.69 Å². The highest BCUT2D eigenvalue weighted by Crippen LogP contribution is 2.21. The number of nitrogens with one attached hydrogen (secondary N) is 1. The van der Waals surface area contributed by atoms with Gasteiger partial charge in [-0.05, 0) is 46.7 Å². The minimum atomic E-state index is -0.185. The molecule has 0 saturated heterocycles. The topological polar surface area (TPSA) is 72.7 Å². The lowest BCUT2D eigenvalue weighted by molar-refractivity contribution is -0.117. The maximum absolute atomic E-state index is 12.3. The second-order valence-corrected chi connectivity index (χ2v) is 7.40. The summed E-state index contributed by atoms with van der Waals surface area (Å²) in [7, 11) is 0. The minimum Gasteiger partial charge on any atom is -0.324 e. The van der Waals surface area contributed by atoms with E-state index in [1.165, 1.54) is 15.9 Å². The Bertz CT molecular complexity index is 913. The van der Waals surface area contributed by atoms with Gasteiger partial charge < -0.3 is 5.32 Å². The van der Waals surface area contributed by atoms with Crippen molar-refractivity contribution in [2.24, 2.45) is 0 Å². The number of rotatable bonds is 7. The van der Waals surface area contributed by atoms with Gasteiger partial charge in [0, 0.05) is 11.3 Å². The van der Waals surface area contributed by atoms with Crippen LogP contribution >= 0.6 is 0 Å². The molecule has 0 saturated carbocycles. The normalized spacial score (nSPS) is 12.2. The first-order chi connectivity index (χ1) is 13.5. The van der Waals surface area contributed by atoms with Crippen LogP contribution in [0.15, 0.2) is 48.5 Å². The smallest absolute Gasteiger partial charge is 0.248 e. The van der Waals surface area contributed by atoms with Gasteiger partial charge in [-0.15, -0.1) is 10.2 Å². The number of aromatic nitrogens is 4. The molecule has 146 valence electrons. The average molecular weight is 377 g/mol. The van der Waals surface area contributed by atoms with Crippen molar-refractivity contribution in [3.8, 4) is 11.4 Å². The zero-order chi connectivity index (χ0) is 20.1. The van der Waals surface area contributed by atoms with Crippen molar-refractivity contribution in [3.63, 3.8) is 0 Å². The molecule has 0 aliphatic heterocycles. The molecule has 1 heterocycles. The van der Waals surface area contributed by atoms with Crippen LogP contribution < -0.4 is 5.32 Å². The molecule has 0 aliphatic carbocycles. The van der Waals surface area contributed by atoms with E-state index < -0.39 is 0 Å². The lowest BCUT2D eigenvalue weighted by Crippen LogP contribution is -2.20. The van der Waals surface area contributed by atoms with Gasteiger partial charge in [0.2, 0.25) is 11.7 Å². The second-order valence-electron chi connectivity index (χ2n) is 7.40. The number of benzene rings is 2. The van der Waals surface area contributed by atoms with E-state index in [0.717, 1.165) is 17.7 Å². The van der Waals surface area contributed by atoms with Crippen LogP contribution in [-0.4, -0.2) is 26.1 Å². The maximum atomic E-state index is 12.3. The molecule has 0 spiro atoms. The first kappa shape index (κ1) is 19.7. The van der Waals surface area contributed by atoms with E-state index in [1.54, 1.807) is 0 Å². The summed E-state index contributed by atoms with van der Waals surface area (Å²) in [6.07, 6.45) is 1.09. The monoisotopic (exact) mass is 377 g/mol. The maximum Gasteiger partial charge on any atom is 0.248 e. The fourth-order valence-electron chi connectivity index (χ4n) is 2.90. The van der Waals surface area contributed by atoms with Gasteiger partial charge in [0.15, 0.2) is 0 Å². The van der Waals surface area contributed by atoms with Gasteiger partial charge in [-0.3, -0.25) is 4.79 Å². The number of amides is 1. The molecule has 28 heavy (non-hydrogen) atoms. The Balaban J connectivity index is 1.60. The Morgan fingerprint density at radius 1 is 1.00 bits per heavy atom. The molecule has 1 N–H and O–H groups in total. The van der Waals surface area contributed by atoms with Crippen LogP contribution in [-0.2, 0) is 11.3 Å². The van der Waals surface area contributed by atoms with Crippen molar-refractivity contribution < 1.29 is 4.79 Å². The summed E-state index contributed by atoms with van der Waals surface area (Å²) in [5.74, 6) is 1.31. The molecule has 3 aromatic rings. The number of hydrogen-bond donors (Lipinski definition) is 1. The van der Waals surface area contributed by atoms with Crippen molar-refractivity contribution in [3.05, 3.63) is 59.7 Å². The Morgan fingerprint density at radius 3 is 2.25 bits per heavy atom. The Morgan fingerprint density at radius 2 is 1.64 bits per heavy atom. The Kier molecular flexibility index (Phi) is 6.19. The van der Waals surface area contributed by atoms with Gasteiger partial charge in [0.25, 0.3) is 0 Å². The highest BCUT2D eigenvalue weighted by atomic mass is 16.2. The van der Waals surface area contributed by atoms with Crippen LogP contribution in [0.2, 0.25) is 0 Å². The third-order valence-corrected chi connectivity index (χ3v) is 4.95. The number of nitrogens with zero attached hydrogens (tertiary/aromatic N) is 4. The SMILES string of the molecule is CC[C@@H](C)c1ccc(NC(=O)Cn2nnc(-c3ccc(C(C)C)cc3)n2)cc1. The number of hydrogen-bond acceptors (Lipinski definition) is 4. The summed E-state index contributed by atoms with van der Waals surface area (Å²) in [4.78, 5) is 13.6. The van der Waals surface area contributed by atoms with Crippen molar-refractivity contribution in [2.75, 3.05) is 5.32 Å². The minimum absolute atomic E-state index is 0.0180. The third kappa shape index (κ3) is 4.82. The molecule has 1 aromatic heterocycles. The molecule has 6 nitrogen and oxygen atoms in total. The first-order valence-electron chi connectivity index (χ1n) is 9.74. The standard InChI is InChI=1S/C22H27N5O/c1-5-16(4)18-10-12-20(13-11-18)23-21(28)14-27-25-22(24-26-27)19-8-6-17(7-9-19)15(2)3/h6-13,15-16H,5,14H2,1-4H3,(H,23,28)/t16-/m1/s1. The molecule has 0 aliphatic rings. The van der Waals surface area contributed by atoms with E-state index in [9.17, 15) is 4.79 Å². The second kappa shape index (κ2) is 8.78. The Labute approximate surface area is 166 Å². The molecule has 0 bridgehead atoms. The number of carbonyl (C=O) groups is 1. The lowest BCUT2D eigenvalue weighted by atomic mass is 9.99. The molecule has 1 atom stereocenters. The predicted molar refractivity (Wildman–Crippen MR) is 111 cm³/mol. The quantitative estimate of drug-likeness (QED) is 0.652. The number of carbonyl (C=O) groups excluding carboxylic acids is 1. The van der Waals surface area contributed by atoms with Gasteiger partial charge in [-0.25, -0.2) is 0 Å². The summed E-state index contributed by atoms with van der Waals surface area (Å²) in [6.45, 7) is 8.68. The van der Waals surface area contributed by atoms with Crippen molar-refractivity contribution in [1.29, 1.82) is 0 Å². The third-order valence-electron chi connectivity index (χ3n) is 4.95. The number of anilines is 1. The molecular formula is C22H27N5O. The van der Waals surface area contributed by atoms with Gasteiger partial charge >= 0.3 is 0 Å². The zero-order valence-electron chi connectivity index (χ0n) is 16.9. The molecule has 1 amide bonds. The van der Waals surface area contributed by atoms with Crippen LogP contribution in [0.5, 0.6) is 0 Å². The summed E-state index contributed by atoms with van der Waals surface area (Å²) >= 11 is 0. The fraction of sp³-hybridized carbons (Fsp3) is 0.364. The summed E-state index contributed by atoms with van der Waals surface area (Å²) in [5, 5.41) is 15.3. The Hall–Kier alpha value is -3.02. The van der Waals surface area contributed by atoms with Crippen LogP contribution in [0.3, 0.4) is 0 Å². The van der Waals surface area contributed by atoms with E-state index in [4.69, 9.17) is 0 Å². The van der Waals surface area contributed by atoms with Gasteiger partial charge in [-0.2, -0.15) is 4.80 Å². The summed E-state index contributed by atoms with van der Waals surface area (Å²) in [5.41, 5.74) is 4.18. The lowest BCUT2D eigenvalue weighted by Gasteiger charge is -2.10. The van der Waals surface area contributed by atoms with Crippen molar-refractivity contribution in [2.45, 2.75) is 52.5 Å². The molecule has 0 fully saturated rings. The van der Waals surface area contributed by atoms with Gasteiger partial charge in [-0.1, -0.05) is 64.1 Å². The van der Waals surface area contributed by atoms with Crippen LogP contribution in [0, 0.1) is 0 Å². The van der Waals surface area contributed by atoms with E-state index in [-0.39, 0.29) is 12.5 Å². The molecule has 0 unspecified atom stereocenters. The molecule has 6 heteroatoms. The van der Waals surface area contributed by atoms with E-state index in [1.807, 2.05) is 24.3 Å². The molecule has 0 radical (unpaired) electrons. The highest BCUT2D eigenvalue weighted by Gasteiger charge is 2.11. The fourth-order valence-corrected chi connectivity index (χ4v) is 2.90. The zero-order valence-corrected chi connectivity index (χ0v) is 16.9. The average Bonchev–Trinajstić information content (AvgIpc) is 3.16. The summed E-state index contributed by atoms with van der Waals surface area (Å²) < 4.78 is 0. The largest absolute Gasteiger partial charge is 0.324 e. The molecule has 2 aromatic carbocycles. The highest BCUT2D eigenvalue weighted by molar-refractivity contribution is 5.90. The predicted octanol–water partition coefficient (Wildman–Crippen LogP) is 4.62. The van der Waals surface area contributed by atoms with E-state index in [0.29, 0.717) is 17.7 Å². The first-order valence-corrected chi connectivity index (χ1v) is 9.74. The van der Waals surface area contributed by atoms with Crippen molar-refractivity contribution >= 4 is 11.6 Å². The summed E-state index contributed by atoms with van der Waals surface area (Å²) in [6, 6.07) is 16.1. The van der Waals surface area contributed by atoms with Crippen molar-refractivity contribution in [1.82, 2.24) is 20.2 Å². The molecular weight excluding hydrogens is 350 g/mol. The van der Waals surface area contributed by atoms with E-state index >= 15 is 0 Å². The van der Waals surface area contributed by atoms with Crippen LogP contribution in [0.1, 0.15) is 57.1 Å².